The molecule has 1 aromatic heterocycles. The third-order valence-electron chi connectivity index (χ3n) is 3.80. The molecule has 1 heterocycles. The third kappa shape index (κ3) is 6.04. The number of carbonyl (C=O) groups is 1. The maximum absolute atomic E-state index is 11.9. The average molecular weight is 330 g/mol. The molecular formula is C18H26N4O2. The van der Waals surface area contributed by atoms with E-state index in [1.54, 1.807) is 13.1 Å². The summed E-state index contributed by atoms with van der Waals surface area (Å²) >= 11 is 0. The molecule has 0 fully saturated rings. The molecule has 0 aliphatic carbocycles. The van der Waals surface area contributed by atoms with Crippen LogP contribution in [0.1, 0.15) is 31.4 Å². The van der Waals surface area contributed by atoms with Gasteiger partial charge in [0.15, 0.2) is 0 Å². The molecule has 6 nitrogen and oxygen atoms in total. The number of nitrogens with one attached hydrogen (secondary N) is 2. The molecule has 0 saturated heterocycles. The predicted molar refractivity (Wildman–Crippen MR) is 93.5 cm³/mol. The zero-order valence-electron chi connectivity index (χ0n) is 14.3. The molecule has 1 aromatic carbocycles. The topological polar surface area (TPSA) is 79.2 Å². The number of aliphatic hydroxyl groups is 1. The van der Waals surface area contributed by atoms with Crippen molar-refractivity contribution in [2.75, 3.05) is 6.54 Å². The van der Waals surface area contributed by atoms with Gasteiger partial charge in [-0.05, 0) is 36.5 Å². The lowest BCUT2D eigenvalue weighted by Gasteiger charge is -2.15. The second kappa shape index (κ2) is 9.08. The zero-order valence-corrected chi connectivity index (χ0v) is 14.3. The Morgan fingerprint density at radius 1 is 1.21 bits per heavy atom. The zero-order chi connectivity index (χ0) is 17.4. The van der Waals surface area contributed by atoms with Crippen molar-refractivity contribution in [3.63, 3.8) is 0 Å². The highest BCUT2D eigenvalue weighted by molar-refractivity contribution is 5.73. The van der Waals surface area contributed by atoms with Gasteiger partial charge < -0.3 is 15.7 Å². The maximum Gasteiger partial charge on any atom is 0.315 e. The van der Waals surface area contributed by atoms with Gasteiger partial charge in [-0.25, -0.2) is 4.79 Å². The number of rotatable bonds is 8. The fourth-order valence-corrected chi connectivity index (χ4v) is 2.62. The molecule has 0 aliphatic rings. The molecule has 24 heavy (non-hydrogen) atoms. The number of nitrogens with zero attached hydrogens (tertiary/aromatic N) is 2. The highest BCUT2D eigenvalue weighted by Gasteiger charge is 2.09. The Morgan fingerprint density at radius 2 is 1.96 bits per heavy atom. The molecule has 0 saturated carbocycles. The van der Waals surface area contributed by atoms with E-state index in [1.165, 1.54) is 0 Å². The van der Waals surface area contributed by atoms with Crippen molar-refractivity contribution < 1.29 is 9.90 Å². The quantitative estimate of drug-likeness (QED) is 0.694. The van der Waals surface area contributed by atoms with Gasteiger partial charge in [0.05, 0.1) is 12.6 Å². The van der Waals surface area contributed by atoms with Crippen molar-refractivity contribution in [2.24, 2.45) is 5.92 Å². The summed E-state index contributed by atoms with van der Waals surface area (Å²) in [6, 6.07) is 9.70. The largest absolute Gasteiger partial charge is 0.393 e. The summed E-state index contributed by atoms with van der Waals surface area (Å²) in [7, 11) is 0. The summed E-state index contributed by atoms with van der Waals surface area (Å²) in [6.07, 6.45) is 4.00. The Labute approximate surface area is 142 Å². The minimum absolute atomic E-state index is 0.193. The Bertz CT molecular complexity index is 626. The highest BCUT2D eigenvalue weighted by atomic mass is 16.3. The molecule has 2 atom stereocenters. The molecule has 0 spiro atoms. The lowest BCUT2D eigenvalue weighted by Crippen LogP contribution is -2.38. The molecule has 6 heteroatoms. The molecule has 130 valence electrons. The molecule has 0 bridgehead atoms. The van der Waals surface area contributed by atoms with Crippen LogP contribution < -0.4 is 10.6 Å². The first kappa shape index (κ1) is 18.0. The van der Waals surface area contributed by atoms with Gasteiger partial charge in [0.1, 0.15) is 0 Å². The van der Waals surface area contributed by atoms with Crippen molar-refractivity contribution in [1.29, 1.82) is 0 Å². The normalized spacial score (nSPS) is 13.3. The number of amides is 2. The Kier molecular flexibility index (Phi) is 6.81. The standard InChI is InChI=1S/C18H26N4O2/c1-14(10-15(2)23)11-19-18(24)20-12-16-6-3-4-7-17(16)13-22-9-5-8-21-22/h3-9,14-15,23H,10-13H2,1-2H3,(H2,19,20,24). The maximum atomic E-state index is 11.9. The Hall–Kier alpha value is -2.34. The van der Waals surface area contributed by atoms with E-state index in [0.29, 0.717) is 26.1 Å². The second-order valence-corrected chi connectivity index (χ2v) is 6.23. The monoisotopic (exact) mass is 330 g/mol. The molecule has 2 amide bonds. The number of carbonyl (C=O) groups excluding carboxylic acids is 1. The molecule has 0 radical (unpaired) electrons. The lowest BCUT2D eigenvalue weighted by atomic mass is 10.1. The number of hydrogen-bond donors (Lipinski definition) is 3. The van der Waals surface area contributed by atoms with Gasteiger partial charge in [-0.1, -0.05) is 31.2 Å². The van der Waals surface area contributed by atoms with Gasteiger partial charge in [0.25, 0.3) is 0 Å². The van der Waals surface area contributed by atoms with E-state index in [0.717, 1.165) is 11.1 Å². The van der Waals surface area contributed by atoms with Crippen LogP contribution >= 0.6 is 0 Å². The first-order valence-electron chi connectivity index (χ1n) is 8.28. The minimum atomic E-state index is -0.348. The van der Waals surface area contributed by atoms with Crippen molar-refractivity contribution in [2.45, 2.75) is 39.5 Å². The van der Waals surface area contributed by atoms with Crippen LogP contribution in [0.3, 0.4) is 0 Å². The van der Waals surface area contributed by atoms with E-state index in [9.17, 15) is 9.90 Å². The number of aromatic nitrogens is 2. The molecular weight excluding hydrogens is 304 g/mol. The van der Waals surface area contributed by atoms with E-state index >= 15 is 0 Å². The first-order chi connectivity index (χ1) is 11.5. The number of hydrogen-bond acceptors (Lipinski definition) is 3. The van der Waals surface area contributed by atoms with E-state index < -0.39 is 0 Å². The Morgan fingerprint density at radius 3 is 2.62 bits per heavy atom. The number of urea groups is 1. The summed E-state index contributed by atoms with van der Waals surface area (Å²) in [6.45, 7) is 5.46. The first-order valence-corrected chi connectivity index (χ1v) is 8.28. The summed E-state index contributed by atoms with van der Waals surface area (Å²) in [5.41, 5.74) is 2.20. The van der Waals surface area contributed by atoms with Gasteiger partial charge >= 0.3 is 6.03 Å². The average Bonchev–Trinajstić information content (AvgIpc) is 3.04. The van der Waals surface area contributed by atoms with E-state index in [2.05, 4.69) is 15.7 Å². The van der Waals surface area contributed by atoms with Gasteiger partial charge in [0.2, 0.25) is 0 Å². The van der Waals surface area contributed by atoms with Crippen LogP contribution in [0, 0.1) is 5.92 Å². The fourth-order valence-electron chi connectivity index (χ4n) is 2.62. The second-order valence-electron chi connectivity index (χ2n) is 6.23. The van der Waals surface area contributed by atoms with Gasteiger partial charge in [-0.3, -0.25) is 4.68 Å². The van der Waals surface area contributed by atoms with Gasteiger partial charge in [0, 0.05) is 25.5 Å². The van der Waals surface area contributed by atoms with E-state index in [-0.39, 0.29) is 18.1 Å². The minimum Gasteiger partial charge on any atom is -0.393 e. The smallest absolute Gasteiger partial charge is 0.315 e. The SMILES string of the molecule is CC(O)CC(C)CNC(=O)NCc1ccccc1Cn1cccn1. The van der Waals surface area contributed by atoms with Crippen LogP contribution in [-0.2, 0) is 13.1 Å². The summed E-state index contributed by atoms with van der Waals surface area (Å²) in [5.74, 6) is 0.239. The van der Waals surface area contributed by atoms with Crippen LogP contribution in [0.4, 0.5) is 4.79 Å². The van der Waals surface area contributed by atoms with E-state index in [4.69, 9.17) is 0 Å². The Balaban J connectivity index is 1.82. The van der Waals surface area contributed by atoms with Crippen molar-refractivity contribution in [3.05, 3.63) is 53.9 Å². The molecule has 2 unspecified atom stereocenters. The fraction of sp³-hybridized carbons (Fsp3) is 0.444. The van der Waals surface area contributed by atoms with Gasteiger partial charge in [-0.2, -0.15) is 5.10 Å². The van der Waals surface area contributed by atoms with Crippen LogP contribution in [-0.4, -0.2) is 33.6 Å². The van der Waals surface area contributed by atoms with Crippen LogP contribution in [0.5, 0.6) is 0 Å². The van der Waals surface area contributed by atoms with Crippen LogP contribution in [0.2, 0.25) is 0 Å². The number of aliphatic hydroxyl groups excluding tert-OH is 1. The molecule has 3 N–H and O–H groups in total. The molecule has 2 aromatic rings. The van der Waals surface area contributed by atoms with E-state index in [1.807, 2.05) is 48.1 Å². The van der Waals surface area contributed by atoms with Crippen molar-refractivity contribution in [3.8, 4) is 0 Å². The molecule has 2 rings (SSSR count). The third-order valence-corrected chi connectivity index (χ3v) is 3.80. The predicted octanol–water partition coefficient (Wildman–Crippen LogP) is 2.14. The lowest BCUT2D eigenvalue weighted by molar-refractivity contribution is 0.163. The van der Waals surface area contributed by atoms with Crippen molar-refractivity contribution >= 4 is 6.03 Å². The molecule has 0 aliphatic heterocycles. The summed E-state index contributed by atoms with van der Waals surface area (Å²) in [5, 5.41) is 19.3. The summed E-state index contributed by atoms with van der Waals surface area (Å²) in [4.78, 5) is 11.9. The van der Waals surface area contributed by atoms with Crippen LogP contribution in [0.15, 0.2) is 42.7 Å². The summed E-state index contributed by atoms with van der Waals surface area (Å²) < 4.78 is 1.86. The van der Waals surface area contributed by atoms with Crippen molar-refractivity contribution in [1.82, 2.24) is 20.4 Å². The van der Waals surface area contributed by atoms with Crippen LogP contribution in [0.25, 0.3) is 0 Å². The van der Waals surface area contributed by atoms with Gasteiger partial charge in [-0.15, -0.1) is 0 Å². The number of benzene rings is 1. The highest BCUT2D eigenvalue weighted by Crippen LogP contribution is 2.10.